The highest BCUT2D eigenvalue weighted by Crippen LogP contribution is 2.23. The van der Waals surface area contributed by atoms with Gasteiger partial charge in [0.1, 0.15) is 0 Å². The molecule has 0 aromatic heterocycles. The summed E-state index contributed by atoms with van der Waals surface area (Å²) in [6.07, 6.45) is 2.79. The van der Waals surface area contributed by atoms with Crippen molar-refractivity contribution in [3.05, 3.63) is 34.9 Å². The normalized spacial score (nSPS) is 15.8. The van der Waals surface area contributed by atoms with Gasteiger partial charge in [0.2, 0.25) is 0 Å². The van der Waals surface area contributed by atoms with Crippen LogP contribution in [0.2, 0.25) is 0 Å². The van der Waals surface area contributed by atoms with Crippen molar-refractivity contribution in [3.63, 3.8) is 0 Å². The molecule has 0 radical (unpaired) electrons. The predicted octanol–water partition coefficient (Wildman–Crippen LogP) is 2.17. The highest BCUT2D eigenvalue weighted by Gasteiger charge is 2.13. The summed E-state index contributed by atoms with van der Waals surface area (Å²) >= 11 is 0. The Hall–Kier alpha value is -1.35. The minimum atomic E-state index is -0.916. The van der Waals surface area contributed by atoms with Crippen LogP contribution in [0.1, 0.15) is 30.0 Å². The van der Waals surface area contributed by atoms with Crippen LogP contribution in [0.15, 0.2) is 18.2 Å². The van der Waals surface area contributed by atoms with Crippen molar-refractivity contribution in [2.75, 3.05) is 0 Å². The molecule has 0 spiro atoms. The van der Waals surface area contributed by atoms with Gasteiger partial charge in [0.25, 0.3) is 0 Å². The third-order valence-corrected chi connectivity index (χ3v) is 3.01. The lowest BCUT2D eigenvalue weighted by Crippen LogP contribution is -2.19. The maximum atomic E-state index is 10.6. The van der Waals surface area contributed by atoms with E-state index >= 15 is 0 Å². The number of aliphatic carboxylic acids is 1. The summed E-state index contributed by atoms with van der Waals surface area (Å²) in [5.41, 5.74) is 3.88. The van der Waals surface area contributed by atoms with Crippen LogP contribution >= 0.6 is 0 Å². The topological polar surface area (TPSA) is 46.5 Å². The fraction of sp³-hybridized carbons (Fsp3) is 0.462. The minimum Gasteiger partial charge on any atom is -0.479 e. The number of hydrogen-bond acceptors (Lipinski definition) is 2. The second-order valence-corrected chi connectivity index (χ2v) is 4.25. The zero-order chi connectivity index (χ0) is 11.5. The molecule has 16 heavy (non-hydrogen) atoms. The van der Waals surface area contributed by atoms with Gasteiger partial charge in [-0.1, -0.05) is 18.2 Å². The summed E-state index contributed by atoms with van der Waals surface area (Å²) in [5, 5.41) is 8.69. The van der Waals surface area contributed by atoms with Crippen molar-refractivity contribution in [1.82, 2.24) is 0 Å². The fourth-order valence-corrected chi connectivity index (χ4v) is 2.01. The summed E-state index contributed by atoms with van der Waals surface area (Å²) in [6, 6.07) is 6.29. The standard InChI is InChI=1S/C13H16O3/c1-9(13(14)15)16-8-10-5-6-11-3-2-4-12(11)7-10/h5-7,9H,2-4,8H2,1H3,(H,14,15)/t9-/m1/s1. The van der Waals surface area contributed by atoms with Crippen molar-refractivity contribution >= 4 is 5.97 Å². The molecule has 86 valence electrons. The Morgan fingerprint density at radius 1 is 1.44 bits per heavy atom. The summed E-state index contributed by atoms with van der Waals surface area (Å²) in [7, 11) is 0. The summed E-state index contributed by atoms with van der Waals surface area (Å²) in [4.78, 5) is 10.6. The van der Waals surface area contributed by atoms with Crippen LogP contribution in [0.5, 0.6) is 0 Å². The molecule has 0 bridgehead atoms. The average molecular weight is 220 g/mol. The van der Waals surface area contributed by atoms with Crippen molar-refractivity contribution < 1.29 is 14.6 Å². The van der Waals surface area contributed by atoms with E-state index in [0.29, 0.717) is 6.61 Å². The van der Waals surface area contributed by atoms with Gasteiger partial charge in [-0.25, -0.2) is 4.79 Å². The molecule has 1 aliphatic rings. The number of carboxylic acid groups (broad SMARTS) is 1. The molecule has 2 rings (SSSR count). The van der Waals surface area contributed by atoms with Gasteiger partial charge in [-0.05, 0) is 42.9 Å². The molecule has 1 N–H and O–H groups in total. The van der Waals surface area contributed by atoms with E-state index in [-0.39, 0.29) is 0 Å². The van der Waals surface area contributed by atoms with Gasteiger partial charge in [-0.2, -0.15) is 0 Å². The number of carbonyl (C=O) groups is 1. The molecule has 0 unspecified atom stereocenters. The van der Waals surface area contributed by atoms with Crippen LogP contribution in [0.3, 0.4) is 0 Å². The van der Waals surface area contributed by atoms with Crippen LogP contribution < -0.4 is 0 Å². The minimum absolute atomic E-state index is 0.376. The van der Waals surface area contributed by atoms with E-state index in [9.17, 15) is 4.79 Å². The van der Waals surface area contributed by atoms with Crippen molar-refractivity contribution in [2.45, 2.75) is 38.9 Å². The maximum absolute atomic E-state index is 10.6. The summed E-state index contributed by atoms with van der Waals surface area (Å²) in [6.45, 7) is 1.93. The van der Waals surface area contributed by atoms with Gasteiger partial charge in [0, 0.05) is 0 Å². The number of carboxylic acids is 1. The van der Waals surface area contributed by atoms with Crippen LogP contribution in [0, 0.1) is 0 Å². The number of aryl methyl sites for hydroxylation is 2. The molecule has 0 aliphatic heterocycles. The fourth-order valence-electron chi connectivity index (χ4n) is 2.01. The molecule has 3 heteroatoms. The average Bonchev–Trinajstić information content (AvgIpc) is 2.72. The first kappa shape index (κ1) is 11.1. The Morgan fingerprint density at radius 3 is 2.94 bits per heavy atom. The predicted molar refractivity (Wildman–Crippen MR) is 60.4 cm³/mol. The van der Waals surface area contributed by atoms with Crippen LogP contribution in [-0.4, -0.2) is 17.2 Å². The van der Waals surface area contributed by atoms with E-state index in [1.807, 2.05) is 6.07 Å². The smallest absolute Gasteiger partial charge is 0.332 e. The van der Waals surface area contributed by atoms with Crippen molar-refractivity contribution in [2.24, 2.45) is 0 Å². The molecule has 0 saturated heterocycles. The van der Waals surface area contributed by atoms with Gasteiger partial charge in [0.05, 0.1) is 6.61 Å². The SMILES string of the molecule is C[C@@H](OCc1ccc2c(c1)CCC2)C(=O)O. The molecule has 0 fully saturated rings. The van der Waals surface area contributed by atoms with Gasteiger partial charge >= 0.3 is 5.97 Å². The molecule has 0 amide bonds. The zero-order valence-corrected chi connectivity index (χ0v) is 9.40. The molecule has 3 nitrogen and oxygen atoms in total. The van der Waals surface area contributed by atoms with E-state index in [1.54, 1.807) is 6.92 Å². The Bertz CT molecular complexity index is 398. The largest absolute Gasteiger partial charge is 0.479 e. The quantitative estimate of drug-likeness (QED) is 0.845. The zero-order valence-electron chi connectivity index (χ0n) is 9.40. The van der Waals surface area contributed by atoms with E-state index in [2.05, 4.69) is 12.1 Å². The second kappa shape index (κ2) is 4.66. The van der Waals surface area contributed by atoms with Gasteiger partial charge in [-0.3, -0.25) is 0 Å². The van der Waals surface area contributed by atoms with E-state index < -0.39 is 12.1 Å². The lowest BCUT2D eigenvalue weighted by molar-refractivity contribution is -0.149. The molecule has 1 aromatic carbocycles. The van der Waals surface area contributed by atoms with Gasteiger partial charge in [0.15, 0.2) is 6.10 Å². The van der Waals surface area contributed by atoms with Crippen molar-refractivity contribution in [3.8, 4) is 0 Å². The highest BCUT2D eigenvalue weighted by atomic mass is 16.5. The Labute approximate surface area is 95.0 Å². The van der Waals surface area contributed by atoms with Crippen LogP contribution in [0.25, 0.3) is 0 Å². The monoisotopic (exact) mass is 220 g/mol. The van der Waals surface area contributed by atoms with E-state index in [1.165, 1.54) is 24.0 Å². The first-order valence-corrected chi connectivity index (χ1v) is 5.62. The van der Waals surface area contributed by atoms with Crippen LogP contribution in [-0.2, 0) is 29.0 Å². The molecule has 0 heterocycles. The van der Waals surface area contributed by atoms with Gasteiger partial charge < -0.3 is 9.84 Å². The Morgan fingerprint density at radius 2 is 2.19 bits per heavy atom. The first-order valence-electron chi connectivity index (χ1n) is 5.62. The number of ether oxygens (including phenoxy) is 1. The summed E-state index contributed by atoms with van der Waals surface area (Å²) < 4.78 is 5.25. The third-order valence-electron chi connectivity index (χ3n) is 3.01. The molecule has 1 aromatic rings. The Kier molecular flexibility index (Phi) is 3.25. The summed E-state index contributed by atoms with van der Waals surface area (Å²) in [5.74, 6) is -0.916. The van der Waals surface area contributed by atoms with E-state index in [4.69, 9.17) is 9.84 Å². The molecule has 0 saturated carbocycles. The van der Waals surface area contributed by atoms with Crippen molar-refractivity contribution in [1.29, 1.82) is 0 Å². The second-order valence-electron chi connectivity index (χ2n) is 4.25. The molecule has 1 aliphatic carbocycles. The van der Waals surface area contributed by atoms with Gasteiger partial charge in [-0.15, -0.1) is 0 Å². The maximum Gasteiger partial charge on any atom is 0.332 e. The van der Waals surface area contributed by atoms with E-state index in [0.717, 1.165) is 12.0 Å². The number of rotatable bonds is 4. The molecule has 1 atom stereocenters. The third kappa shape index (κ3) is 2.42. The molecular formula is C13H16O3. The first-order chi connectivity index (χ1) is 7.66. The lowest BCUT2D eigenvalue weighted by Gasteiger charge is -2.09. The highest BCUT2D eigenvalue weighted by molar-refractivity contribution is 5.71. The number of benzene rings is 1. The van der Waals surface area contributed by atoms with Crippen LogP contribution in [0.4, 0.5) is 0 Å². The Balaban J connectivity index is 1.98. The lowest BCUT2D eigenvalue weighted by atomic mass is 10.1. The number of hydrogen-bond donors (Lipinski definition) is 1. The molecular weight excluding hydrogens is 204 g/mol. The number of fused-ring (bicyclic) bond motifs is 1.